The first-order chi connectivity index (χ1) is 14.3. The van der Waals surface area contributed by atoms with Crippen LogP contribution in [0.3, 0.4) is 0 Å². The van der Waals surface area contributed by atoms with E-state index in [4.69, 9.17) is 0 Å². The van der Waals surface area contributed by atoms with Gasteiger partial charge < -0.3 is 15.1 Å². The number of fused-ring (bicyclic) bond motifs is 1. The summed E-state index contributed by atoms with van der Waals surface area (Å²) in [6.45, 7) is 8.15. The van der Waals surface area contributed by atoms with Crippen molar-refractivity contribution in [3.63, 3.8) is 0 Å². The van der Waals surface area contributed by atoms with Crippen molar-refractivity contribution < 1.29 is 0 Å². The second kappa shape index (κ2) is 11.5. The number of hydrogen-bond donors (Lipinski definition) is 1. The first kappa shape index (κ1) is 22.7. The third-order valence-electron chi connectivity index (χ3n) is 5.78. The molecule has 1 fully saturated rings. The van der Waals surface area contributed by atoms with Crippen LogP contribution in [-0.2, 0) is 13.0 Å². The third-order valence-corrected chi connectivity index (χ3v) is 5.78. The summed E-state index contributed by atoms with van der Waals surface area (Å²) >= 11 is 0. The van der Waals surface area contributed by atoms with Gasteiger partial charge in [0.2, 0.25) is 5.95 Å². The van der Waals surface area contributed by atoms with Crippen molar-refractivity contribution in [2.24, 2.45) is 4.99 Å². The molecule has 1 aromatic heterocycles. The molecule has 1 N–H and O–H groups in total. The fraction of sp³-hybridized carbons (Fsp3) is 0.500. The topological polar surface area (TPSA) is 59.9 Å². The lowest BCUT2D eigenvalue weighted by Crippen LogP contribution is -2.48. The number of piperazine rings is 1. The first-order valence-electron chi connectivity index (χ1n) is 10.6. The number of anilines is 1. The van der Waals surface area contributed by atoms with E-state index in [-0.39, 0.29) is 24.0 Å². The minimum absolute atomic E-state index is 0. The molecular weight excluding hydrogens is 489 g/mol. The Morgan fingerprint density at radius 1 is 1.00 bits per heavy atom. The molecule has 2 aliphatic heterocycles. The van der Waals surface area contributed by atoms with Crippen molar-refractivity contribution in [2.45, 2.75) is 19.4 Å². The number of benzene rings is 1. The summed E-state index contributed by atoms with van der Waals surface area (Å²) in [4.78, 5) is 20.4. The maximum absolute atomic E-state index is 4.51. The average molecular weight is 521 g/mol. The predicted molar refractivity (Wildman–Crippen MR) is 133 cm³/mol. The molecule has 30 heavy (non-hydrogen) atoms. The van der Waals surface area contributed by atoms with Gasteiger partial charge in [0.1, 0.15) is 0 Å². The Kier molecular flexibility index (Phi) is 8.68. The number of halogens is 1. The van der Waals surface area contributed by atoms with Gasteiger partial charge in [-0.25, -0.2) is 9.97 Å². The summed E-state index contributed by atoms with van der Waals surface area (Å²) in [5.74, 6) is 1.87. The van der Waals surface area contributed by atoms with Gasteiger partial charge in [-0.2, -0.15) is 0 Å². The summed E-state index contributed by atoms with van der Waals surface area (Å²) in [5, 5.41) is 3.56. The number of nitrogens with zero attached hydrogens (tertiary/aromatic N) is 6. The van der Waals surface area contributed by atoms with Crippen molar-refractivity contribution in [3.8, 4) is 0 Å². The number of aromatic nitrogens is 2. The predicted octanol–water partition coefficient (Wildman–Crippen LogP) is 2.24. The lowest BCUT2D eigenvalue weighted by molar-refractivity contribution is 0.253. The molecule has 0 atom stereocenters. The van der Waals surface area contributed by atoms with Crippen LogP contribution in [0.4, 0.5) is 5.95 Å². The minimum atomic E-state index is 0. The lowest BCUT2D eigenvalue weighted by atomic mass is 10.0. The summed E-state index contributed by atoms with van der Waals surface area (Å²) < 4.78 is 0. The van der Waals surface area contributed by atoms with Crippen LogP contribution in [0.15, 0.2) is 47.7 Å². The smallest absolute Gasteiger partial charge is 0.225 e. The zero-order chi connectivity index (χ0) is 19.9. The van der Waals surface area contributed by atoms with E-state index in [1.807, 2.05) is 25.5 Å². The Hall–Kier alpha value is -1.94. The van der Waals surface area contributed by atoms with Gasteiger partial charge in [-0.3, -0.25) is 9.89 Å². The number of guanidine groups is 1. The van der Waals surface area contributed by atoms with Crippen molar-refractivity contribution >= 4 is 35.9 Å². The van der Waals surface area contributed by atoms with E-state index in [2.05, 4.69) is 59.2 Å². The average Bonchev–Trinajstić information content (AvgIpc) is 2.80. The molecule has 0 radical (unpaired) electrons. The molecule has 0 amide bonds. The van der Waals surface area contributed by atoms with Crippen molar-refractivity contribution in [1.82, 2.24) is 25.1 Å². The number of aliphatic imine (C=N–C) groups is 1. The van der Waals surface area contributed by atoms with Crippen molar-refractivity contribution in [3.05, 3.63) is 53.9 Å². The van der Waals surface area contributed by atoms with Gasteiger partial charge in [0, 0.05) is 65.3 Å². The summed E-state index contributed by atoms with van der Waals surface area (Å²) in [6.07, 6.45) is 5.83. The number of hydrogen-bond acceptors (Lipinski definition) is 5. The second-order valence-electron chi connectivity index (χ2n) is 7.65. The summed E-state index contributed by atoms with van der Waals surface area (Å²) in [6, 6.07) is 10.6. The van der Waals surface area contributed by atoms with Crippen LogP contribution in [0.25, 0.3) is 0 Å². The van der Waals surface area contributed by atoms with E-state index in [9.17, 15) is 0 Å². The Bertz CT molecular complexity index is 806. The largest absolute Gasteiger partial charge is 0.356 e. The molecule has 0 saturated carbocycles. The van der Waals surface area contributed by atoms with Crippen LogP contribution in [0.5, 0.6) is 0 Å². The van der Waals surface area contributed by atoms with Crippen LogP contribution in [0.2, 0.25) is 0 Å². The molecule has 3 heterocycles. The Balaban J connectivity index is 0.00000256. The molecule has 0 aliphatic carbocycles. The third kappa shape index (κ3) is 5.81. The Labute approximate surface area is 196 Å². The molecule has 2 aromatic rings. The zero-order valence-electron chi connectivity index (χ0n) is 17.7. The van der Waals surface area contributed by atoms with Crippen LogP contribution in [-0.4, -0.2) is 78.6 Å². The van der Waals surface area contributed by atoms with Gasteiger partial charge in [-0.05, 0) is 36.6 Å². The molecule has 162 valence electrons. The molecule has 0 spiro atoms. The molecular formula is C22H32IN7. The van der Waals surface area contributed by atoms with Crippen molar-refractivity contribution in [2.75, 3.05) is 57.8 Å². The number of rotatable bonds is 5. The first-order valence-corrected chi connectivity index (χ1v) is 10.6. The molecule has 4 rings (SSSR count). The van der Waals surface area contributed by atoms with Crippen LogP contribution in [0, 0.1) is 0 Å². The maximum Gasteiger partial charge on any atom is 0.225 e. The zero-order valence-corrected chi connectivity index (χ0v) is 20.0. The molecule has 0 unspecified atom stereocenters. The quantitative estimate of drug-likeness (QED) is 0.282. The molecule has 2 aliphatic rings. The molecule has 7 nitrogen and oxygen atoms in total. The van der Waals surface area contributed by atoms with Crippen LogP contribution >= 0.6 is 24.0 Å². The Morgan fingerprint density at radius 3 is 2.47 bits per heavy atom. The standard InChI is InChI=1S/C22H31N7.HI/c1-23-21(29-13-8-19-6-2-3-7-20(19)18-29)24-11-5-12-27-14-16-28(17-15-27)22-25-9-4-10-26-22;/h2-4,6-7,9-10H,5,8,11-18H2,1H3,(H,23,24);1H. The highest BCUT2D eigenvalue weighted by molar-refractivity contribution is 14.0. The highest BCUT2D eigenvalue weighted by Gasteiger charge is 2.20. The van der Waals surface area contributed by atoms with Crippen LogP contribution < -0.4 is 10.2 Å². The summed E-state index contributed by atoms with van der Waals surface area (Å²) in [7, 11) is 1.88. The summed E-state index contributed by atoms with van der Waals surface area (Å²) in [5.41, 5.74) is 2.89. The Morgan fingerprint density at radius 2 is 1.73 bits per heavy atom. The van der Waals surface area contributed by atoms with E-state index < -0.39 is 0 Å². The fourth-order valence-corrected chi connectivity index (χ4v) is 4.14. The van der Waals surface area contributed by atoms with Gasteiger partial charge in [-0.1, -0.05) is 24.3 Å². The van der Waals surface area contributed by atoms with E-state index in [1.165, 1.54) is 11.1 Å². The second-order valence-corrected chi connectivity index (χ2v) is 7.65. The minimum Gasteiger partial charge on any atom is -0.356 e. The molecule has 8 heteroatoms. The van der Waals surface area contributed by atoms with Gasteiger partial charge in [-0.15, -0.1) is 24.0 Å². The normalized spacial score (nSPS) is 17.3. The fourth-order valence-electron chi connectivity index (χ4n) is 4.14. The van der Waals surface area contributed by atoms with Crippen molar-refractivity contribution in [1.29, 1.82) is 0 Å². The van der Waals surface area contributed by atoms with Gasteiger partial charge in [0.05, 0.1) is 0 Å². The molecule has 1 aromatic carbocycles. The highest BCUT2D eigenvalue weighted by atomic mass is 127. The highest BCUT2D eigenvalue weighted by Crippen LogP contribution is 2.18. The lowest BCUT2D eigenvalue weighted by Gasteiger charge is -2.35. The maximum atomic E-state index is 4.51. The SMILES string of the molecule is CN=C(NCCCN1CCN(c2ncccn2)CC1)N1CCc2ccccc2C1.I. The van der Waals surface area contributed by atoms with Gasteiger partial charge in [0.25, 0.3) is 0 Å². The van der Waals surface area contributed by atoms with Gasteiger partial charge in [0.15, 0.2) is 5.96 Å². The van der Waals surface area contributed by atoms with E-state index in [1.54, 1.807) is 0 Å². The number of nitrogens with one attached hydrogen (secondary N) is 1. The van der Waals surface area contributed by atoms with Crippen LogP contribution in [0.1, 0.15) is 17.5 Å². The molecule has 1 saturated heterocycles. The monoisotopic (exact) mass is 521 g/mol. The van der Waals surface area contributed by atoms with E-state index in [0.29, 0.717) is 0 Å². The van der Waals surface area contributed by atoms with Gasteiger partial charge >= 0.3 is 0 Å². The van der Waals surface area contributed by atoms with E-state index in [0.717, 1.165) is 77.1 Å². The molecule has 0 bridgehead atoms. The van der Waals surface area contributed by atoms with E-state index >= 15 is 0 Å².